The second-order valence-electron chi connectivity index (χ2n) is 7.23. The summed E-state index contributed by atoms with van der Waals surface area (Å²) >= 11 is 9.04. The zero-order chi connectivity index (χ0) is 21.8. The van der Waals surface area contributed by atoms with Crippen LogP contribution in [0.3, 0.4) is 0 Å². The van der Waals surface area contributed by atoms with Gasteiger partial charge >= 0.3 is 0 Å². The number of fused-ring (bicyclic) bond motifs is 1. The first-order valence-corrected chi connectivity index (χ1v) is 12.3. The van der Waals surface area contributed by atoms with Crippen molar-refractivity contribution < 1.29 is 4.74 Å². The van der Waals surface area contributed by atoms with Gasteiger partial charge < -0.3 is 9.30 Å². The molecule has 31 heavy (non-hydrogen) atoms. The van der Waals surface area contributed by atoms with Crippen LogP contribution in [0.1, 0.15) is 18.3 Å². The number of para-hydroxylation sites is 1. The fourth-order valence-electron chi connectivity index (χ4n) is 3.24. The largest absolute Gasteiger partial charge is 0.494 e. The maximum atomic E-state index is 5.62. The van der Waals surface area contributed by atoms with Crippen LogP contribution in [0.4, 0.5) is 0 Å². The van der Waals surface area contributed by atoms with E-state index in [9.17, 15) is 0 Å². The molecule has 0 saturated heterocycles. The van der Waals surface area contributed by atoms with E-state index in [2.05, 4.69) is 30.1 Å². The summed E-state index contributed by atoms with van der Waals surface area (Å²) in [7, 11) is 4.05. The minimum atomic E-state index is 0.631. The Labute approximate surface area is 195 Å². The standard InChI is InChI=1S/C22H25N5OS3/c1-4-28-17-11-9-16(10-12-17)13-25(2)15-27-22(29)26(3)20(24-27)14-30-21-23-18-7-5-6-8-19(18)31-21/h5-12H,4,13-15H2,1-3H3. The van der Waals surface area contributed by atoms with Crippen molar-refractivity contribution in [1.82, 2.24) is 24.2 Å². The van der Waals surface area contributed by atoms with Crippen LogP contribution < -0.4 is 4.74 Å². The lowest BCUT2D eigenvalue weighted by Crippen LogP contribution is -2.22. The first-order chi connectivity index (χ1) is 15.0. The SMILES string of the molecule is CCOc1ccc(CN(C)Cn2nc(CSc3nc4ccccc4s3)n(C)c2=S)cc1. The van der Waals surface area contributed by atoms with Crippen LogP contribution in [0.5, 0.6) is 5.75 Å². The molecule has 0 unspecified atom stereocenters. The Morgan fingerprint density at radius 3 is 2.68 bits per heavy atom. The molecule has 0 saturated carbocycles. The monoisotopic (exact) mass is 471 g/mol. The Kier molecular flexibility index (Phi) is 7.06. The summed E-state index contributed by atoms with van der Waals surface area (Å²) in [6.07, 6.45) is 0. The number of thiazole rings is 1. The Morgan fingerprint density at radius 2 is 1.94 bits per heavy atom. The van der Waals surface area contributed by atoms with Crippen molar-refractivity contribution in [2.24, 2.45) is 7.05 Å². The van der Waals surface area contributed by atoms with E-state index in [-0.39, 0.29) is 0 Å². The lowest BCUT2D eigenvalue weighted by atomic mass is 10.2. The normalized spacial score (nSPS) is 11.5. The van der Waals surface area contributed by atoms with Gasteiger partial charge in [0.15, 0.2) is 9.11 Å². The predicted molar refractivity (Wildman–Crippen MR) is 130 cm³/mol. The minimum Gasteiger partial charge on any atom is -0.494 e. The van der Waals surface area contributed by atoms with Crippen LogP contribution in [-0.4, -0.2) is 37.9 Å². The van der Waals surface area contributed by atoms with Gasteiger partial charge in [-0.05, 0) is 56.0 Å². The van der Waals surface area contributed by atoms with Crippen LogP contribution in [0.25, 0.3) is 10.2 Å². The van der Waals surface area contributed by atoms with Crippen molar-refractivity contribution in [3.05, 3.63) is 64.7 Å². The molecule has 0 aliphatic carbocycles. The summed E-state index contributed by atoms with van der Waals surface area (Å²) in [5.41, 5.74) is 2.27. The third-order valence-electron chi connectivity index (χ3n) is 4.79. The fourth-order valence-corrected chi connectivity index (χ4v) is 5.49. The van der Waals surface area contributed by atoms with Gasteiger partial charge in [-0.2, -0.15) is 5.10 Å². The number of hydrogen-bond acceptors (Lipinski definition) is 7. The number of ether oxygens (including phenoxy) is 1. The summed E-state index contributed by atoms with van der Waals surface area (Å²) in [4.78, 5) is 6.89. The third kappa shape index (κ3) is 5.35. The van der Waals surface area contributed by atoms with Crippen molar-refractivity contribution in [2.75, 3.05) is 13.7 Å². The minimum absolute atomic E-state index is 0.631. The highest BCUT2D eigenvalue weighted by atomic mass is 32.2. The molecule has 2 aromatic carbocycles. The summed E-state index contributed by atoms with van der Waals surface area (Å²) < 4.78 is 12.4. The zero-order valence-electron chi connectivity index (χ0n) is 17.8. The molecule has 4 rings (SSSR count). The molecule has 0 atom stereocenters. The van der Waals surface area contributed by atoms with E-state index in [0.29, 0.717) is 13.3 Å². The third-order valence-corrected chi connectivity index (χ3v) is 7.45. The summed E-state index contributed by atoms with van der Waals surface area (Å²) in [6.45, 7) is 4.10. The van der Waals surface area contributed by atoms with Crippen LogP contribution in [0.2, 0.25) is 0 Å². The molecule has 162 valence electrons. The molecule has 0 aliphatic heterocycles. The molecule has 0 N–H and O–H groups in total. The number of benzene rings is 2. The fraction of sp³-hybridized carbons (Fsp3) is 0.318. The molecule has 4 aromatic rings. The summed E-state index contributed by atoms with van der Waals surface area (Å²) in [5.74, 6) is 2.58. The number of aromatic nitrogens is 4. The first kappa shape index (κ1) is 22.0. The molecule has 6 nitrogen and oxygen atoms in total. The van der Waals surface area contributed by atoms with Crippen molar-refractivity contribution >= 4 is 45.5 Å². The van der Waals surface area contributed by atoms with Crippen LogP contribution in [-0.2, 0) is 26.0 Å². The molecule has 2 heterocycles. The van der Waals surface area contributed by atoms with E-state index in [1.807, 2.05) is 53.6 Å². The lowest BCUT2D eigenvalue weighted by Gasteiger charge is -2.16. The molecule has 0 radical (unpaired) electrons. The van der Waals surface area contributed by atoms with E-state index in [1.54, 1.807) is 23.1 Å². The van der Waals surface area contributed by atoms with Crippen molar-refractivity contribution in [2.45, 2.75) is 30.2 Å². The lowest BCUT2D eigenvalue weighted by molar-refractivity contribution is 0.243. The first-order valence-electron chi connectivity index (χ1n) is 10.0. The average molecular weight is 472 g/mol. The molecule has 2 aromatic heterocycles. The summed E-state index contributed by atoms with van der Waals surface area (Å²) in [5, 5.41) is 4.77. The van der Waals surface area contributed by atoms with E-state index in [0.717, 1.165) is 38.5 Å². The van der Waals surface area contributed by atoms with Gasteiger partial charge in [-0.3, -0.25) is 4.90 Å². The predicted octanol–water partition coefficient (Wildman–Crippen LogP) is 5.34. The summed E-state index contributed by atoms with van der Waals surface area (Å²) in [6, 6.07) is 16.4. The maximum Gasteiger partial charge on any atom is 0.198 e. The molecular formula is C22H25N5OS3. The highest BCUT2D eigenvalue weighted by molar-refractivity contribution is 8.00. The number of rotatable bonds is 9. The second-order valence-corrected chi connectivity index (χ2v) is 9.84. The Balaban J connectivity index is 1.39. The van der Waals surface area contributed by atoms with Crippen molar-refractivity contribution in [3.63, 3.8) is 0 Å². The van der Waals surface area contributed by atoms with Crippen LogP contribution >= 0.6 is 35.3 Å². The highest BCUT2D eigenvalue weighted by Gasteiger charge is 2.12. The molecule has 0 aliphatic rings. The molecular weight excluding hydrogens is 446 g/mol. The molecule has 0 amide bonds. The van der Waals surface area contributed by atoms with Crippen LogP contribution in [0, 0.1) is 4.77 Å². The Morgan fingerprint density at radius 1 is 1.16 bits per heavy atom. The van der Waals surface area contributed by atoms with Gasteiger partial charge in [-0.25, -0.2) is 9.67 Å². The maximum absolute atomic E-state index is 5.62. The van der Waals surface area contributed by atoms with Crippen molar-refractivity contribution in [3.8, 4) is 5.75 Å². The highest BCUT2D eigenvalue weighted by Crippen LogP contribution is 2.31. The second kappa shape index (κ2) is 9.95. The van der Waals surface area contributed by atoms with Gasteiger partial charge in [0.25, 0.3) is 0 Å². The zero-order valence-corrected chi connectivity index (χ0v) is 20.3. The number of thioether (sulfide) groups is 1. The number of hydrogen-bond donors (Lipinski definition) is 0. The van der Waals surface area contributed by atoms with Crippen molar-refractivity contribution in [1.29, 1.82) is 0 Å². The Hall–Kier alpha value is -2.20. The van der Waals surface area contributed by atoms with Crippen LogP contribution in [0.15, 0.2) is 52.9 Å². The van der Waals surface area contributed by atoms with Gasteiger partial charge in [-0.15, -0.1) is 11.3 Å². The van der Waals surface area contributed by atoms with Gasteiger partial charge in [0.1, 0.15) is 11.6 Å². The molecule has 0 bridgehead atoms. The van der Waals surface area contributed by atoms with E-state index in [1.165, 1.54) is 10.3 Å². The quantitative estimate of drug-likeness (QED) is 0.243. The smallest absolute Gasteiger partial charge is 0.198 e. The van der Waals surface area contributed by atoms with Gasteiger partial charge in [0.05, 0.1) is 29.2 Å². The van der Waals surface area contributed by atoms with Gasteiger partial charge in [-0.1, -0.05) is 36.0 Å². The average Bonchev–Trinajstić information content (AvgIpc) is 3.30. The van der Waals surface area contributed by atoms with Gasteiger partial charge in [0, 0.05) is 13.6 Å². The topological polar surface area (TPSA) is 48.1 Å². The van der Waals surface area contributed by atoms with E-state index >= 15 is 0 Å². The Bertz CT molecular complexity index is 1180. The van der Waals surface area contributed by atoms with E-state index in [4.69, 9.17) is 27.0 Å². The van der Waals surface area contributed by atoms with E-state index < -0.39 is 0 Å². The number of nitrogens with zero attached hydrogens (tertiary/aromatic N) is 5. The molecule has 0 fully saturated rings. The molecule has 9 heteroatoms. The van der Waals surface area contributed by atoms with Gasteiger partial charge in [0.2, 0.25) is 0 Å². The molecule has 0 spiro atoms.